The van der Waals surface area contributed by atoms with Crippen LogP contribution in [-0.2, 0) is 9.09 Å². The van der Waals surface area contributed by atoms with E-state index in [1.807, 2.05) is 38.2 Å². The van der Waals surface area contributed by atoms with Gasteiger partial charge in [0.05, 0.1) is 17.5 Å². The summed E-state index contributed by atoms with van der Waals surface area (Å²) in [6.07, 6.45) is 1.80. The Balaban J connectivity index is 2.39. The van der Waals surface area contributed by atoms with E-state index in [2.05, 4.69) is 5.43 Å². The van der Waals surface area contributed by atoms with Crippen LogP contribution in [0.2, 0.25) is 0 Å². The molecular formula is C11H14N2O2P+. The molecule has 2 rings (SSSR count). The van der Waals surface area contributed by atoms with Crippen LogP contribution in [0.3, 0.4) is 0 Å². The minimum atomic E-state index is -1.78. The van der Waals surface area contributed by atoms with Gasteiger partial charge in [0.1, 0.15) is 6.61 Å². The van der Waals surface area contributed by atoms with Gasteiger partial charge in [-0.2, -0.15) is 0 Å². The van der Waals surface area contributed by atoms with Crippen LogP contribution in [0.1, 0.15) is 12.5 Å². The van der Waals surface area contributed by atoms with Gasteiger partial charge in [-0.3, -0.25) is 10.4 Å². The van der Waals surface area contributed by atoms with Crippen molar-refractivity contribution in [1.82, 2.24) is 5.01 Å². The smallest absolute Gasteiger partial charge is 0.298 e. The molecule has 1 aliphatic rings. The van der Waals surface area contributed by atoms with Crippen LogP contribution in [0.4, 0.5) is 5.69 Å². The Kier molecular flexibility index (Phi) is 3.22. The summed E-state index contributed by atoms with van der Waals surface area (Å²) >= 11 is 0. The van der Waals surface area contributed by atoms with Crippen molar-refractivity contribution in [3.05, 3.63) is 36.0 Å². The second-order valence-electron chi connectivity index (χ2n) is 3.46. The zero-order chi connectivity index (χ0) is 11.5. The maximum absolute atomic E-state index is 11.9. The van der Waals surface area contributed by atoms with Crippen LogP contribution in [0.25, 0.3) is 5.31 Å². The van der Waals surface area contributed by atoms with Crippen molar-refractivity contribution in [2.24, 2.45) is 0 Å². The van der Waals surface area contributed by atoms with E-state index in [1.54, 1.807) is 11.2 Å². The first kappa shape index (κ1) is 11.1. The van der Waals surface area contributed by atoms with Crippen LogP contribution in [0, 0.1) is 0 Å². The van der Waals surface area contributed by atoms with E-state index in [-0.39, 0.29) is 0 Å². The summed E-state index contributed by atoms with van der Waals surface area (Å²) in [6, 6.07) is 7.76. The van der Waals surface area contributed by atoms with E-state index < -0.39 is 8.03 Å². The summed E-state index contributed by atoms with van der Waals surface area (Å²) in [5.41, 5.74) is 5.05. The Morgan fingerprint density at radius 1 is 1.44 bits per heavy atom. The van der Waals surface area contributed by atoms with Crippen LogP contribution >= 0.6 is 8.03 Å². The lowest BCUT2D eigenvalue weighted by molar-refractivity contribution is 0.357. The number of benzene rings is 1. The largest absolute Gasteiger partial charge is 0.551 e. The third-order valence-electron chi connectivity index (χ3n) is 2.26. The number of hydrogen-bond acceptors (Lipinski definition) is 4. The van der Waals surface area contributed by atoms with Crippen molar-refractivity contribution in [2.75, 3.05) is 19.1 Å². The van der Waals surface area contributed by atoms with Crippen LogP contribution in [0.5, 0.6) is 0 Å². The highest BCUT2D eigenvalue weighted by molar-refractivity contribution is 7.51. The Morgan fingerprint density at radius 2 is 2.19 bits per heavy atom. The third kappa shape index (κ3) is 2.08. The molecule has 0 fully saturated rings. The van der Waals surface area contributed by atoms with Gasteiger partial charge in [-0.05, 0) is 23.6 Å². The fourth-order valence-corrected chi connectivity index (χ4v) is 2.64. The lowest BCUT2D eigenvalue weighted by Crippen LogP contribution is -2.23. The van der Waals surface area contributed by atoms with Crippen molar-refractivity contribution in [2.45, 2.75) is 6.92 Å². The third-order valence-corrected chi connectivity index (χ3v) is 3.50. The van der Waals surface area contributed by atoms with Gasteiger partial charge in [-0.25, -0.2) is 0 Å². The van der Waals surface area contributed by atoms with E-state index in [4.69, 9.17) is 4.52 Å². The van der Waals surface area contributed by atoms with Gasteiger partial charge < -0.3 is 0 Å². The van der Waals surface area contributed by atoms with Gasteiger partial charge in [0.15, 0.2) is 0 Å². The number of fused-ring (bicyclic) bond motifs is 1. The predicted molar refractivity (Wildman–Crippen MR) is 65.0 cm³/mol. The Morgan fingerprint density at radius 3 is 2.94 bits per heavy atom. The number of anilines is 1. The lowest BCUT2D eigenvalue weighted by atomic mass is 10.1. The molecule has 0 radical (unpaired) electrons. The number of rotatable bonds is 3. The zero-order valence-corrected chi connectivity index (χ0v) is 10.2. The van der Waals surface area contributed by atoms with Gasteiger partial charge in [-0.15, -0.1) is 4.52 Å². The van der Waals surface area contributed by atoms with Crippen LogP contribution in [0.15, 0.2) is 30.5 Å². The molecule has 1 aliphatic heterocycles. The van der Waals surface area contributed by atoms with Gasteiger partial charge in [0.25, 0.3) is 5.31 Å². The van der Waals surface area contributed by atoms with E-state index >= 15 is 0 Å². The predicted octanol–water partition coefficient (Wildman–Crippen LogP) is 3.04. The van der Waals surface area contributed by atoms with Gasteiger partial charge in [-0.1, -0.05) is 12.1 Å². The maximum atomic E-state index is 11.9. The van der Waals surface area contributed by atoms with Gasteiger partial charge in [0.2, 0.25) is 0 Å². The Labute approximate surface area is 95.7 Å². The zero-order valence-electron chi connectivity index (χ0n) is 9.30. The molecule has 1 heterocycles. The average molecular weight is 237 g/mol. The highest BCUT2D eigenvalue weighted by Crippen LogP contribution is 2.45. The highest BCUT2D eigenvalue weighted by Gasteiger charge is 2.32. The summed E-state index contributed by atoms with van der Waals surface area (Å²) < 4.78 is 17.1. The molecule has 0 bridgehead atoms. The molecule has 0 saturated carbocycles. The second-order valence-corrected chi connectivity index (χ2v) is 4.71. The summed E-state index contributed by atoms with van der Waals surface area (Å²) in [7, 11) is 0.0835. The highest BCUT2D eigenvalue weighted by atomic mass is 31.1. The number of nitrogens with one attached hydrogen (secondary N) is 1. The topological polar surface area (TPSA) is 41.6 Å². The molecule has 0 saturated heterocycles. The summed E-state index contributed by atoms with van der Waals surface area (Å²) in [6.45, 7) is 2.29. The first-order valence-corrected chi connectivity index (χ1v) is 6.31. The quantitative estimate of drug-likeness (QED) is 0.820. The molecule has 1 aromatic carbocycles. The van der Waals surface area contributed by atoms with Crippen LogP contribution in [-0.4, -0.2) is 18.7 Å². The molecule has 1 unspecified atom stereocenters. The summed E-state index contributed by atoms with van der Waals surface area (Å²) in [5.74, 6) is 0. The van der Waals surface area contributed by atoms with Crippen molar-refractivity contribution in [3.8, 4) is 0 Å². The molecule has 16 heavy (non-hydrogen) atoms. The molecule has 0 aliphatic carbocycles. The lowest BCUT2D eigenvalue weighted by Gasteiger charge is -2.22. The first-order valence-electron chi connectivity index (χ1n) is 5.13. The van der Waals surface area contributed by atoms with Crippen molar-refractivity contribution >= 4 is 19.0 Å². The molecule has 0 spiro atoms. The molecule has 1 atom stereocenters. The summed E-state index contributed by atoms with van der Waals surface area (Å²) in [4.78, 5) is 0. The average Bonchev–Trinajstić information content (AvgIpc) is 2.28. The van der Waals surface area contributed by atoms with Crippen molar-refractivity contribution in [3.63, 3.8) is 0 Å². The van der Waals surface area contributed by atoms with Crippen LogP contribution < -0.4 is 5.43 Å². The Bertz CT molecular complexity index is 445. The van der Waals surface area contributed by atoms with E-state index in [9.17, 15) is 4.57 Å². The molecule has 1 N–H and O–H groups in total. The molecule has 0 amide bonds. The molecule has 5 heteroatoms. The maximum Gasteiger partial charge on any atom is 0.551 e. The number of nitrogens with zero attached hydrogens (tertiary/aromatic N) is 1. The van der Waals surface area contributed by atoms with E-state index in [0.29, 0.717) is 6.61 Å². The standard InChI is InChI=1S/C11H14N2O2P/c1-3-15-16(14)11-8-13(2)12-10-7-5-4-6-9(10)11/h4-8,12H,3H2,1-2H3/q+1. The van der Waals surface area contributed by atoms with Gasteiger partial charge >= 0.3 is 8.03 Å². The minimum absolute atomic E-state index is 0.450. The fraction of sp³-hybridized carbons (Fsp3) is 0.273. The van der Waals surface area contributed by atoms with E-state index in [1.165, 1.54) is 0 Å². The minimum Gasteiger partial charge on any atom is -0.298 e. The molecule has 4 nitrogen and oxygen atoms in total. The molecule has 84 valence electrons. The number of hydrazine groups is 1. The van der Waals surface area contributed by atoms with E-state index in [0.717, 1.165) is 16.6 Å². The summed E-state index contributed by atoms with van der Waals surface area (Å²) in [5, 5.41) is 2.51. The normalized spacial score (nSPS) is 15.0. The molecular weight excluding hydrogens is 223 g/mol. The number of para-hydroxylation sites is 1. The van der Waals surface area contributed by atoms with Crippen molar-refractivity contribution < 1.29 is 9.09 Å². The SMILES string of the molecule is CCO[P+](=O)C1=CN(C)Nc2ccccc21. The fourth-order valence-electron chi connectivity index (χ4n) is 1.61. The molecule has 0 aromatic heterocycles. The van der Waals surface area contributed by atoms with Gasteiger partial charge in [0, 0.05) is 7.05 Å². The Hall–Kier alpha value is -1.38. The number of hydrogen-bond donors (Lipinski definition) is 1. The monoisotopic (exact) mass is 237 g/mol. The first-order chi connectivity index (χ1) is 7.72. The molecule has 1 aromatic rings. The second kappa shape index (κ2) is 4.64. The van der Waals surface area contributed by atoms with Crippen molar-refractivity contribution in [1.29, 1.82) is 0 Å².